The van der Waals surface area contributed by atoms with Crippen molar-refractivity contribution in [3.8, 4) is 5.75 Å². The van der Waals surface area contributed by atoms with Gasteiger partial charge in [-0.2, -0.15) is 0 Å². The highest BCUT2D eigenvalue weighted by molar-refractivity contribution is 14.0. The highest BCUT2D eigenvalue weighted by atomic mass is 127. The van der Waals surface area contributed by atoms with E-state index in [0.717, 1.165) is 36.2 Å². The molecule has 1 aromatic carbocycles. The van der Waals surface area contributed by atoms with E-state index in [-0.39, 0.29) is 24.0 Å². The lowest BCUT2D eigenvalue weighted by Gasteiger charge is -2.30. The smallest absolute Gasteiger partial charge is 0.191 e. The fraction of sp³-hybridized carbons (Fsp3) is 0.696. The lowest BCUT2D eigenvalue weighted by atomic mass is 9.99. The van der Waals surface area contributed by atoms with Gasteiger partial charge >= 0.3 is 0 Å². The molecule has 1 heterocycles. The lowest BCUT2D eigenvalue weighted by molar-refractivity contribution is 0.145. The number of ether oxygens (including phenoxy) is 2. The van der Waals surface area contributed by atoms with Crippen LogP contribution in [0.5, 0.6) is 5.75 Å². The third-order valence-corrected chi connectivity index (χ3v) is 5.51. The van der Waals surface area contributed by atoms with Gasteiger partial charge in [-0.15, -0.1) is 24.0 Å². The molecule has 0 atom stereocenters. The summed E-state index contributed by atoms with van der Waals surface area (Å²) in [6.45, 7) is 10.9. The van der Waals surface area contributed by atoms with E-state index in [1.54, 1.807) is 7.11 Å². The summed E-state index contributed by atoms with van der Waals surface area (Å²) >= 11 is 0. The maximum absolute atomic E-state index is 5.87. The van der Waals surface area contributed by atoms with E-state index in [1.165, 1.54) is 44.5 Å². The van der Waals surface area contributed by atoms with Crippen molar-refractivity contribution in [1.29, 1.82) is 0 Å². The summed E-state index contributed by atoms with van der Waals surface area (Å²) in [7, 11) is 3.50. The molecule has 1 aliphatic heterocycles. The fourth-order valence-electron chi connectivity index (χ4n) is 3.53. The molecule has 6 nitrogen and oxygen atoms in total. The Labute approximate surface area is 200 Å². The predicted octanol–water partition coefficient (Wildman–Crippen LogP) is 3.82. The summed E-state index contributed by atoms with van der Waals surface area (Å²) in [5.74, 6) is 2.64. The first kappa shape index (κ1) is 27.0. The zero-order valence-electron chi connectivity index (χ0n) is 19.2. The third-order valence-electron chi connectivity index (χ3n) is 5.51. The molecule has 0 aromatic heterocycles. The Bertz CT molecular complexity index is 619. The van der Waals surface area contributed by atoms with Gasteiger partial charge in [-0.05, 0) is 69.8 Å². The van der Waals surface area contributed by atoms with E-state index in [1.807, 2.05) is 7.05 Å². The van der Waals surface area contributed by atoms with Crippen molar-refractivity contribution < 1.29 is 9.47 Å². The number of hydrogen-bond acceptors (Lipinski definition) is 4. The first-order chi connectivity index (χ1) is 14.1. The van der Waals surface area contributed by atoms with Gasteiger partial charge < -0.3 is 25.0 Å². The molecule has 0 amide bonds. The number of piperidine rings is 1. The summed E-state index contributed by atoms with van der Waals surface area (Å²) < 4.78 is 11.0. The number of methoxy groups -OCH3 is 1. The summed E-state index contributed by atoms with van der Waals surface area (Å²) in [5.41, 5.74) is 2.31. The average Bonchev–Trinajstić information content (AvgIpc) is 2.72. The van der Waals surface area contributed by atoms with Crippen LogP contribution in [-0.4, -0.2) is 64.4 Å². The van der Waals surface area contributed by atoms with E-state index >= 15 is 0 Å². The Balaban J connectivity index is 0.00000450. The molecule has 30 heavy (non-hydrogen) atoms. The van der Waals surface area contributed by atoms with Gasteiger partial charge in [0, 0.05) is 32.8 Å². The van der Waals surface area contributed by atoms with Gasteiger partial charge in [-0.25, -0.2) is 0 Å². The summed E-state index contributed by atoms with van der Waals surface area (Å²) in [6, 6.07) is 6.29. The lowest BCUT2D eigenvalue weighted by Crippen LogP contribution is -2.38. The number of guanidine groups is 1. The molecule has 2 rings (SSSR count). The van der Waals surface area contributed by atoms with Crippen molar-refractivity contribution in [2.45, 2.75) is 46.1 Å². The fourth-order valence-corrected chi connectivity index (χ4v) is 3.53. The maximum Gasteiger partial charge on any atom is 0.191 e. The van der Waals surface area contributed by atoms with Gasteiger partial charge in [0.1, 0.15) is 12.4 Å². The number of nitrogens with one attached hydrogen (secondary N) is 2. The molecule has 1 fully saturated rings. The van der Waals surface area contributed by atoms with Crippen LogP contribution >= 0.6 is 24.0 Å². The molecule has 172 valence electrons. The summed E-state index contributed by atoms with van der Waals surface area (Å²) in [4.78, 5) is 6.95. The number of halogens is 1. The van der Waals surface area contributed by atoms with Crippen molar-refractivity contribution in [2.75, 3.05) is 53.6 Å². The zero-order chi connectivity index (χ0) is 20.9. The molecule has 7 heteroatoms. The highest BCUT2D eigenvalue weighted by Gasteiger charge is 2.14. The van der Waals surface area contributed by atoms with Crippen LogP contribution in [0.15, 0.2) is 23.2 Å². The number of unbranched alkanes of at least 4 members (excludes halogenated alkanes) is 1. The summed E-state index contributed by atoms with van der Waals surface area (Å²) in [6.07, 6.45) is 5.09. The molecule has 1 aliphatic rings. The van der Waals surface area contributed by atoms with Crippen molar-refractivity contribution in [3.05, 3.63) is 29.3 Å². The second-order valence-corrected chi connectivity index (χ2v) is 8.04. The van der Waals surface area contributed by atoms with Crippen molar-refractivity contribution in [2.24, 2.45) is 10.9 Å². The molecule has 0 bridgehead atoms. The first-order valence-corrected chi connectivity index (χ1v) is 11.0. The van der Waals surface area contributed by atoms with Crippen LogP contribution in [0.1, 0.15) is 43.7 Å². The van der Waals surface area contributed by atoms with Crippen LogP contribution in [-0.2, 0) is 11.3 Å². The molecule has 1 saturated heterocycles. The van der Waals surface area contributed by atoms with E-state index in [9.17, 15) is 0 Å². The SMILES string of the molecule is CN=C(NCCCCN1CCC(C)CC1)NCc1ccc(C)cc1OCCOC.I. The van der Waals surface area contributed by atoms with E-state index in [4.69, 9.17) is 9.47 Å². The molecular formula is C23H41IN4O2. The van der Waals surface area contributed by atoms with Gasteiger partial charge in [-0.1, -0.05) is 19.1 Å². The van der Waals surface area contributed by atoms with Crippen LogP contribution < -0.4 is 15.4 Å². The Morgan fingerprint density at radius 1 is 1.17 bits per heavy atom. The first-order valence-electron chi connectivity index (χ1n) is 11.0. The Kier molecular flexibility index (Phi) is 14.1. The molecule has 1 aromatic rings. The number of nitrogens with zero attached hydrogens (tertiary/aromatic N) is 2. The average molecular weight is 533 g/mol. The van der Waals surface area contributed by atoms with Crippen LogP contribution in [0, 0.1) is 12.8 Å². The van der Waals surface area contributed by atoms with Gasteiger partial charge in [-0.3, -0.25) is 4.99 Å². The van der Waals surface area contributed by atoms with E-state index in [2.05, 4.69) is 52.6 Å². The summed E-state index contributed by atoms with van der Waals surface area (Å²) in [5, 5.41) is 6.83. The molecule has 0 aliphatic carbocycles. The monoisotopic (exact) mass is 532 g/mol. The Morgan fingerprint density at radius 2 is 1.93 bits per heavy atom. The normalized spacial score (nSPS) is 15.5. The van der Waals surface area contributed by atoms with Crippen molar-refractivity contribution in [3.63, 3.8) is 0 Å². The molecule has 0 radical (unpaired) electrons. The van der Waals surface area contributed by atoms with Gasteiger partial charge in [0.05, 0.1) is 6.61 Å². The highest BCUT2D eigenvalue weighted by Crippen LogP contribution is 2.20. The van der Waals surface area contributed by atoms with Crippen LogP contribution in [0.4, 0.5) is 0 Å². The van der Waals surface area contributed by atoms with Crippen LogP contribution in [0.3, 0.4) is 0 Å². The van der Waals surface area contributed by atoms with Gasteiger partial charge in [0.25, 0.3) is 0 Å². The van der Waals surface area contributed by atoms with Crippen LogP contribution in [0.2, 0.25) is 0 Å². The van der Waals surface area contributed by atoms with E-state index in [0.29, 0.717) is 19.8 Å². The standard InChI is InChI=1S/C23H40N4O2.HI/c1-19-9-13-27(14-10-19)12-6-5-11-25-23(24-3)26-18-21-8-7-20(2)17-22(21)29-16-15-28-4;/h7-8,17,19H,5-6,9-16,18H2,1-4H3,(H2,24,25,26);1H. The van der Waals surface area contributed by atoms with Crippen molar-refractivity contribution in [1.82, 2.24) is 15.5 Å². The molecule has 0 spiro atoms. The minimum absolute atomic E-state index is 0. The number of aliphatic imine (C=N–C) groups is 1. The molecular weight excluding hydrogens is 491 g/mol. The third kappa shape index (κ3) is 10.3. The number of benzene rings is 1. The number of rotatable bonds is 11. The maximum atomic E-state index is 5.87. The van der Waals surface area contributed by atoms with Crippen molar-refractivity contribution >= 4 is 29.9 Å². The quantitative estimate of drug-likeness (QED) is 0.197. The molecule has 0 saturated carbocycles. The second kappa shape index (κ2) is 15.7. The predicted molar refractivity (Wildman–Crippen MR) is 136 cm³/mol. The molecule has 2 N–H and O–H groups in total. The van der Waals surface area contributed by atoms with Gasteiger partial charge in [0.15, 0.2) is 5.96 Å². The molecule has 0 unspecified atom stereocenters. The topological polar surface area (TPSA) is 58.1 Å². The largest absolute Gasteiger partial charge is 0.491 e. The minimum Gasteiger partial charge on any atom is -0.491 e. The second-order valence-electron chi connectivity index (χ2n) is 8.04. The Hall–Kier alpha value is -1.06. The van der Waals surface area contributed by atoms with Gasteiger partial charge in [0.2, 0.25) is 0 Å². The van der Waals surface area contributed by atoms with Crippen LogP contribution in [0.25, 0.3) is 0 Å². The van der Waals surface area contributed by atoms with E-state index < -0.39 is 0 Å². The number of hydrogen-bond donors (Lipinski definition) is 2. The zero-order valence-corrected chi connectivity index (χ0v) is 21.5. The minimum atomic E-state index is 0. The number of likely N-dealkylation sites (tertiary alicyclic amines) is 1. The number of aryl methyl sites for hydroxylation is 1. The Morgan fingerprint density at radius 3 is 2.63 bits per heavy atom.